The van der Waals surface area contributed by atoms with Crippen molar-refractivity contribution in [1.29, 1.82) is 10.5 Å². The van der Waals surface area contributed by atoms with E-state index in [9.17, 15) is 10.4 Å². The van der Waals surface area contributed by atoms with Crippen LogP contribution in [0.3, 0.4) is 0 Å². The van der Waals surface area contributed by atoms with Crippen molar-refractivity contribution in [3.63, 3.8) is 0 Å². The van der Waals surface area contributed by atoms with E-state index in [4.69, 9.17) is 5.26 Å². The second kappa shape index (κ2) is 6.00. The Hall–Kier alpha value is -3.02. The van der Waals surface area contributed by atoms with E-state index < -0.39 is 0 Å². The number of phenols is 1. The summed E-state index contributed by atoms with van der Waals surface area (Å²) in [7, 11) is 0. The minimum Gasteiger partial charge on any atom is -0.507 e. The largest absolute Gasteiger partial charge is 0.507 e. The molecule has 0 saturated heterocycles. The number of rotatable bonds is 2. The molecule has 2 aromatic carbocycles. The molecule has 0 fully saturated rings. The summed E-state index contributed by atoms with van der Waals surface area (Å²) in [5, 5.41) is 29.3. The first-order valence-electron chi connectivity index (χ1n) is 6.74. The van der Waals surface area contributed by atoms with Gasteiger partial charge in [-0.2, -0.15) is 10.5 Å². The smallest absolute Gasteiger partial charge is 0.122 e. The number of nitrogens with zero attached hydrogens (tertiary/aromatic N) is 2. The lowest BCUT2D eigenvalue weighted by Gasteiger charge is -2.02. The van der Waals surface area contributed by atoms with Crippen LogP contribution in [0.5, 0.6) is 5.75 Å². The topological polar surface area (TPSA) is 83.6 Å². The van der Waals surface area contributed by atoms with E-state index in [0.717, 1.165) is 20.9 Å². The van der Waals surface area contributed by atoms with E-state index in [0.29, 0.717) is 16.7 Å². The number of aromatic hydroxyl groups is 1. The number of hydrogen-bond donors (Lipinski definition) is 2. The number of phenolic OH excluding ortho intramolecular Hbond substituents is 1. The number of H-pyrrole nitrogens is 1. The summed E-state index contributed by atoms with van der Waals surface area (Å²) in [6.45, 7) is 0. The summed E-state index contributed by atoms with van der Waals surface area (Å²) >= 11 is 3.43. The van der Waals surface area contributed by atoms with Gasteiger partial charge in [0.2, 0.25) is 0 Å². The third-order valence-corrected chi connectivity index (χ3v) is 4.00. The summed E-state index contributed by atoms with van der Waals surface area (Å²) in [5.74, 6) is 0.0257. The maximum Gasteiger partial charge on any atom is 0.122 e. The van der Waals surface area contributed by atoms with Crippen LogP contribution in [0.1, 0.15) is 16.7 Å². The lowest BCUT2D eigenvalue weighted by molar-refractivity contribution is 0.474. The Labute approximate surface area is 141 Å². The molecule has 1 aromatic heterocycles. The second-order valence-electron chi connectivity index (χ2n) is 4.95. The molecule has 4 nitrogen and oxygen atoms in total. The van der Waals surface area contributed by atoms with E-state index in [2.05, 4.69) is 27.0 Å². The van der Waals surface area contributed by atoms with Crippen LogP contribution in [-0.4, -0.2) is 10.1 Å². The molecule has 0 saturated carbocycles. The van der Waals surface area contributed by atoms with Crippen molar-refractivity contribution in [2.45, 2.75) is 0 Å². The molecule has 0 atom stereocenters. The highest BCUT2D eigenvalue weighted by atomic mass is 79.9. The molecule has 1 heterocycles. The molecule has 23 heavy (non-hydrogen) atoms. The first-order chi connectivity index (χ1) is 11.1. The van der Waals surface area contributed by atoms with Crippen LogP contribution in [0.15, 0.2) is 47.1 Å². The van der Waals surface area contributed by atoms with Crippen molar-refractivity contribution in [1.82, 2.24) is 4.98 Å². The normalized spacial score (nSPS) is 11.2. The third kappa shape index (κ3) is 2.83. The van der Waals surface area contributed by atoms with Gasteiger partial charge in [0.1, 0.15) is 5.75 Å². The highest BCUT2D eigenvalue weighted by Crippen LogP contribution is 2.30. The van der Waals surface area contributed by atoms with E-state index in [-0.39, 0.29) is 5.75 Å². The summed E-state index contributed by atoms with van der Waals surface area (Å²) in [4.78, 5) is 3.13. The van der Waals surface area contributed by atoms with Crippen molar-refractivity contribution in [2.75, 3.05) is 0 Å². The van der Waals surface area contributed by atoms with Gasteiger partial charge in [-0.3, -0.25) is 0 Å². The van der Waals surface area contributed by atoms with Crippen LogP contribution in [0.25, 0.3) is 22.6 Å². The lowest BCUT2D eigenvalue weighted by atomic mass is 10.0. The van der Waals surface area contributed by atoms with Gasteiger partial charge in [-0.15, -0.1) is 0 Å². The van der Waals surface area contributed by atoms with Crippen LogP contribution in [0.2, 0.25) is 0 Å². The van der Waals surface area contributed by atoms with Gasteiger partial charge in [0.05, 0.1) is 23.3 Å². The molecule has 0 amide bonds. The van der Waals surface area contributed by atoms with Crippen LogP contribution >= 0.6 is 15.9 Å². The number of allylic oxidation sites excluding steroid dienone is 1. The van der Waals surface area contributed by atoms with Crippen LogP contribution < -0.4 is 0 Å². The third-order valence-electron chi connectivity index (χ3n) is 3.51. The Morgan fingerprint density at radius 3 is 2.74 bits per heavy atom. The first-order valence-corrected chi connectivity index (χ1v) is 7.53. The average Bonchev–Trinajstić information content (AvgIpc) is 2.97. The van der Waals surface area contributed by atoms with Crippen LogP contribution in [-0.2, 0) is 0 Å². The standard InChI is InChI=1S/C18H10BrN3O/c19-14-2-3-17-15(7-14)16(10-22-17)13(9-21)6-12-5-11(8-20)1-4-18(12)23/h1-7,10,22-23H. The van der Waals surface area contributed by atoms with E-state index in [1.807, 2.05) is 24.3 Å². The number of fused-ring (bicyclic) bond motifs is 1. The zero-order valence-electron chi connectivity index (χ0n) is 11.8. The SMILES string of the molecule is N#CC(=Cc1cc(C#N)ccc1O)c1c[nH]c2ccc(Br)cc12. The zero-order valence-corrected chi connectivity index (χ0v) is 13.4. The number of aromatic nitrogens is 1. The molecule has 2 N–H and O–H groups in total. The highest BCUT2D eigenvalue weighted by Gasteiger charge is 2.10. The Morgan fingerprint density at radius 1 is 1.17 bits per heavy atom. The number of halogens is 1. The van der Waals surface area contributed by atoms with E-state index >= 15 is 0 Å². The summed E-state index contributed by atoms with van der Waals surface area (Å²) < 4.78 is 0.914. The monoisotopic (exact) mass is 363 g/mol. The highest BCUT2D eigenvalue weighted by molar-refractivity contribution is 9.10. The number of nitriles is 2. The number of aromatic amines is 1. The summed E-state index contributed by atoms with van der Waals surface area (Å²) in [6, 6.07) is 14.5. The fourth-order valence-corrected chi connectivity index (χ4v) is 2.74. The van der Waals surface area contributed by atoms with Gasteiger partial charge in [-0.1, -0.05) is 15.9 Å². The van der Waals surface area contributed by atoms with Crippen molar-refractivity contribution < 1.29 is 5.11 Å². The van der Waals surface area contributed by atoms with E-state index in [1.165, 1.54) is 12.1 Å². The molecular weight excluding hydrogens is 354 g/mol. The van der Waals surface area contributed by atoms with Gasteiger partial charge < -0.3 is 10.1 Å². The molecule has 0 radical (unpaired) electrons. The molecule has 0 aliphatic rings. The molecule has 0 aliphatic heterocycles. The number of hydrogen-bond acceptors (Lipinski definition) is 3. The number of benzene rings is 2. The molecule has 0 bridgehead atoms. The molecule has 0 spiro atoms. The fourth-order valence-electron chi connectivity index (χ4n) is 2.38. The van der Waals surface area contributed by atoms with Gasteiger partial charge >= 0.3 is 0 Å². The fraction of sp³-hybridized carbons (Fsp3) is 0. The van der Waals surface area contributed by atoms with Crippen LogP contribution in [0.4, 0.5) is 0 Å². The minimum atomic E-state index is 0.0257. The predicted molar refractivity (Wildman–Crippen MR) is 92.3 cm³/mol. The molecule has 0 unspecified atom stereocenters. The maximum absolute atomic E-state index is 9.95. The van der Waals surface area contributed by atoms with Crippen molar-refractivity contribution in [2.24, 2.45) is 0 Å². The number of nitrogens with one attached hydrogen (secondary N) is 1. The van der Waals surface area contributed by atoms with Crippen molar-refractivity contribution in [3.05, 3.63) is 63.8 Å². The van der Waals surface area contributed by atoms with E-state index in [1.54, 1.807) is 18.3 Å². The van der Waals surface area contributed by atoms with Gasteiger partial charge in [-0.25, -0.2) is 0 Å². The van der Waals surface area contributed by atoms with Crippen LogP contribution in [0, 0.1) is 22.7 Å². The van der Waals surface area contributed by atoms with Gasteiger partial charge in [0.25, 0.3) is 0 Å². The lowest BCUT2D eigenvalue weighted by Crippen LogP contribution is -1.83. The van der Waals surface area contributed by atoms with Gasteiger partial charge in [0, 0.05) is 32.7 Å². The molecule has 3 rings (SSSR count). The maximum atomic E-state index is 9.95. The van der Waals surface area contributed by atoms with Gasteiger partial charge in [-0.05, 0) is 42.5 Å². The first kappa shape index (κ1) is 14.9. The Morgan fingerprint density at radius 2 is 2.00 bits per heavy atom. The van der Waals surface area contributed by atoms with Crippen molar-refractivity contribution in [3.8, 4) is 17.9 Å². The summed E-state index contributed by atoms with van der Waals surface area (Å²) in [5.41, 5.74) is 2.92. The van der Waals surface area contributed by atoms with Gasteiger partial charge in [0.15, 0.2) is 0 Å². The average molecular weight is 364 g/mol. The molecular formula is C18H10BrN3O. The summed E-state index contributed by atoms with van der Waals surface area (Å²) in [6.07, 6.45) is 3.34. The zero-order chi connectivity index (χ0) is 16.4. The molecule has 5 heteroatoms. The second-order valence-corrected chi connectivity index (χ2v) is 5.86. The molecule has 110 valence electrons. The Bertz CT molecular complexity index is 1020. The van der Waals surface area contributed by atoms with Crippen molar-refractivity contribution >= 4 is 38.5 Å². The minimum absolute atomic E-state index is 0.0257. The Balaban J connectivity index is 2.18. The predicted octanol–water partition coefficient (Wildman–Crippen LogP) is 4.57. The quantitative estimate of drug-likeness (QED) is 0.654. The molecule has 0 aliphatic carbocycles. The molecule has 3 aromatic rings. The Kier molecular flexibility index (Phi) is 3.89.